The monoisotopic (exact) mass is 271 g/mol. The number of methoxy groups -OCH3 is 1. The minimum atomic E-state index is -3.18. The van der Waals surface area contributed by atoms with Crippen molar-refractivity contribution < 1.29 is 13.2 Å². The van der Waals surface area contributed by atoms with E-state index in [1.54, 1.807) is 28.0 Å². The molecule has 1 rings (SSSR count). The number of benzene rings is 1. The Kier molecular flexibility index (Phi) is 4.40. The molecule has 0 aliphatic carbocycles. The molecule has 0 bridgehead atoms. The van der Waals surface area contributed by atoms with E-state index >= 15 is 0 Å². The molecule has 18 heavy (non-hydrogen) atoms. The van der Waals surface area contributed by atoms with E-state index in [9.17, 15) is 8.42 Å². The van der Waals surface area contributed by atoms with Gasteiger partial charge in [-0.15, -0.1) is 0 Å². The second-order valence-corrected chi connectivity index (χ2v) is 7.47. The largest absolute Gasteiger partial charge is 0.497 e. The molecule has 0 heterocycles. The van der Waals surface area contributed by atoms with Crippen LogP contribution in [0.15, 0.2) is 24.3 Å². The molecule has 102 valence electrons. The highest BCUT2D eigenvalue weighted by molar-refractivity contribution is 7.92. The van der Waals surface area contributed by atoms with Crippen molar-refractivity contribution in [1.82, 2.24) is 5.32 Å². The molecule has 1 aromatic rings. The van der Waals surface area contributed by atoms with Gasteiger partial charge in [-0.1, -0.05) is 12.1 Å². The third kappa shape index (κ3) is 2.84. The Morgan fingerprint density at radius 1 is 1.33 bits per heavy atom. The van der Waals surface area contributed by atoms with Crippen molar-refractivity contribution in [2.24, 2.45) is 0 Å². The van der Waals surface area contributed by atoms with E-state index in [-0.39, 0.29) is 6.04 Å². The molecular weight excluding hydrogens is 250 g/mol. The van der Waals surface area contributed by atoms with Gasteiger partial charge < -0.3 is 10.1 Å². The highest BCUT2D eigenvalue weighted by atomic mass is 32.2. The molecule has 0 radical (unpaired) electrons. The molecule has 4 nitrogen and oxygen atoms in total. The van der Waals surface area contributed by atoms with E-state index < -0.39 is 14.6 Å². The van der Waals surface area contributed by atoms with Crippen LogP contribution in [0.5, 0.6) is 5.75 Å². The van der Waals surface area contributed by atoms with E-state index in [0.717, 1.165) is 11.3 Å². The van der Waals surface area contributed by atoms with Crippen molar-refractivity contribution in [3.63, 3.8) is 0 Å². The number of ether oxygens (including phenoxy) is 1. The number of sulfone groups is 1. The maximum atomic E-state index is 11.9. The van der Waals surface area contributed by atoms with E-state index in [2.05, 4.69) is 5.32 Å². The summed E-state index contributed by atoms with van der Waals surface area (Å²) in [6.07, 6.45) is 1.26. The first-order valence-electron chi connectivity index (χ1n) is 5.75. The lowest BCUT2D eigenvalue weighted by molar-refractivity contribution is 0.409. The van der Waals surface area contributed by atoms with Crippen LogP contribution in [0, 0.1) is 0 Å². The second-order valence-electron chi connectivity index (χ2n) is 4.87. The predicted octanol–water partition coefficient (Wildman–Crippen LogP) is 1.78. The van der Waals surface area contributed by atoms with Crippen LogP contribution < -0.4 is 10.1 Å². The SMILES string of the molecule is CNC(c1cccc(OC)c1)C(C)(C)S(C)(=O)=O. The minimum Gasteiger partial charge on any atom is -0.497 e. The average molecular weight is 271 g/mol. The van der Waals surface area contributed by atoms with Gasteiger partial charge in [-0.3, -0.25) is 0 Å². The van der Waals surface area contributed by atoms with E-state index in [4.69, 9.17) is 4.74 Å². The zero-order valence-electron chi connectivity index (χ0n) is 11.5. The Labute approximate surface area is 109 Å². The van der Waals surface area contributed by atoms with Crippen molar-refractivity contribution in [2.75, 3.05) is 20.4 Å². The van der Waals surface area contributed by atoms with E-state index in [1.165, 1.54) is 6.26 Å². The van der Waals surface area contributed by atoms with Crippen molar-refractivity contribution in [2.45, 2.75) is 24.6 Å². The van der Waals surface area contributed by atoms with Crippen LogP contribution in [-0.2, 0) is 9.84 Å². The Morgan fingerprint density at radius 2 is 1.94 bits per heavy atom. The van der Waals surface area contributed by atoms with Crippen LogP contribution in [0.1, 0.15) is 25.5 Å². The summed E-state index contributed by atoms with van der Waals surface area (Å²) in [5.41, 5.74) is 0.896. The lowest BCUT2D eigenvalue weighted by atomic mass is 9.95. The van der Waals surface area contributed by atoms with Gasteiger partial charge in [0.05, 0.1) is 17.9 Å². The van der Waals surface area contributed by atoms with Crippen LogP contribution in [0.4, 0.5) is 0 Å². The van der Waals surface area contributed by atoms with Gasteiger partial charge in [0.1, 0.15) is 5.75 Å². The summed E-state index contributed by atoms with van der Waals surface area (Å²) in [6.45, 7) is 3.45. The number of hydrogen-bond donors (Lipinski definition) is 1. The van der Waals surface area contributed by atoms with Crippen LogP contribution in [0.2, 0.25) is 0 Å². The molecule has 1 unspecified atom stereocenters. The summed E-state index contributed by atoms with van der Waals surface area (Å²) in [6, 6.07) is 7.16. The molecule has 0 saturated heterocycles. The standard InChI is InChI=1S/C13H21NO3S/c1-13(2,18(5,15)16)12(14-3)10-7-6-8-11(9-10)17-4/h6-9,12,14H,1-5H3. The second kappa shape index (κ2) is 5.28. The molecule has 0 aliphatic heterocycles. The highest BCUT2D eigenvalue weighted by Crippen LogP contribution is 2.33. The topological polar surface area (TPSA) is 55.4 Å². The van der Waals surface area contributed by atoms with Crippen molar-refractivity contribution in [3.05, 3.63) is 29.8 Å². The molecule has 0 amide bonds. The molecule has 0 fully saturated rings. The Bertz CT molecular complexity index is 509. The number of rotatable bonds is 5. The molecule has 1 aromatic carbocycles. The first-order chi connectivity index (χ1) is 8.24. The quantitative estimate of drug-likeness (QED) is 0.887. The summed E-state index contributed by atoms with van der Waals surface area (Å²) in [7, 11) is 0.169. The van der Waals surface area contributed by atoms with Gasteiger partial charge in [0.25, 0.3) is 0 Å². The molecule has 0 spiro atoms. The van der Waals surface area contributed by atoms with E-state index in [0.29, 0.717) is 0 Å². The first-order valence-corrected chi connectivity index (χ1v) is 7.64. The van der Waals surface area contributed by atoms with Crippen LogP contribution in [0.25, 0.3) is 0 Å². The zero-order valence-corrected chi connectivity index (χ0v) is 12.3. The first kappa shape index (κ1) is 15.0. The van der Waals surface area contributed by atoms with Gasteiger partial charge in [0.2, 0.25) is 0 Å². The average Bonchev–Trinajstić information content (AvgIpc) is 2.28. The van der Waals surface area contributed by atoms with Gasteiger partial charge >= 0.3 is 0 Å². The Morgan fingerprint density at radius 3 is 2.39 bits per heavy atom. The van der Waals surface area contributed by atoms with Crippen molar-refractivity contribution >= 4 is 9.84 Å². The van der Waals surface area contributed by atoms with Crippen LogP contribution in [0.3, 0.4) is 0 Å². The molecule has 0 aliphatic rings. The van der Waals surface area contributed by atoms with Gasteiger partial charge in [0, 0.05) is 6.26 Å². The number of hydrogen-bond acceptors (Lipinski definition) is 4. The highest BCUT2D eigenvalue weighted by Gasteiger charge is 2.39. The summed E-state index contributed by atoms with van der Waals surface area (Å²) in [4.78, 5) is 0. The van der Waals surface area contributed by atoms with Gasteiger partial charge in [-0.25, -0.2) is 8.42 Å². The van der Waals surface area contributed by atoms with Crippen molar-refractivity contribution in [1.29, 1.82) is 0 Å². The lowest BCUT2D eigenvalue weighted by Gasteiger charge is -2.33. The Balaban J connectivity index is 3.25. The normalized spacial score (nSPS) is 14.3. The summed E-state index contributed by atoms with van der Waals surface area (Å²) in [5, 5.41) is 3.08. The predicted molar refractivity (Wildman–Crippen MR) is 73.7 cm³/mol. The number of nitrogens with one attached hydrogen (secondary N) is 1. The fourth-order valence-corrected chi connectivity index (χ4v) is 2.63. The van der Waals surface area contributed by atoms with Gasteiger partial charge in [0.15, 0.2) is 9.84 Å². The maximum absolute atomic E-state index is 11.9. The summed E-state index contributed by atoms with van der Waals surface area (Å²) < 4.78 is 28.1. The molecule has 0 saturated carbocycles. The van der Waals surface area contributed by atoms with Gasteiger partial charge in [-0.2, -0.15) is 0 Å². The molecular formula is C13H21NO3S. The fourth-order valence-electron chi connectivity index (χ4n) is 1.95. The van der Waals surface area contributed by atoms with E-state index in [1.807, 2.05) is 24.3 Å². The summed E-state index contributed by atoms with van der Waals surface area (Å²) in [5.74, 6) is 0.719. The van der Waals surface area contributed by atoms with Crippen LogP contribution >= 0.6 is 0 Å². The third-order valence-corrected chi connectivity index (χ3v) is 5.51. The fraction of sp³-hybridized carbons (Fsp3) is 0.538. The molecule has 1 atom stereocenters. The smallest absolute Gasteiger partial charge is 0.154 e. The summed E-state index contributed by atoms with van der Waals surface area (Å²) >= 11 is 0. The molecule has 5 heteroatoms. The molecule has 1 N–H and O–H groups in total. The maximum Gasteiger partial charge on any atom is 0.154 e. The van der Waals surface area contributed by atoms with Crippen molar-refractivity contribution in [3.8, 4) is 5.75 Å². The van der Waals surface area contributed by atoms with Gasteiger partial charge in [-0.05, 0) is 38.6 Å². The van der Waals surface area contributed by atoms with Crippen LogP contribution in [-0.4, -0.2) is 33.6 Å². The zero-order chi connectivity index (χ0) is 14.0. The Hall–Kier alpha value is -1.07. The third-order valence-electron chi connectivity index (χ3n) is 3.37. The minimum absolute atomic E-state index is 0.289. The lowest BCUT2D eigenvalue weighted by Crippen LogP contribution is -2.43. The molecule has 0 aromatic heterocycles.